The molecular weight excluding hydrogens is 298 g/mol. The monoisotopic (exact) mass is 315 g/mol. The molecule has 0 aliphatic carbocycles. The van der Waals surface area contributed by atoms with Crippen LogP contribution < -0.4 is 15.8 Å². The van der Waals surface area contributed by atoms with E-state index in [4.69, 9.17) is 10.8 Å². The standard InChI is InChI=1S/C12H17N3O5S/c1-7-3-4-8(5-10(7)21(19,20)14-2)15-12(18)9(13)6-11(16)17/h3-5,9,14H,6,13H2,1-2H3,(H,15,18)(H,16,17). The van der Waals surface area contributed by atoms with Crippen molar-refractivity contribution in [2.45, 2.75) is 24.3 Å². The summed E-state index contributed by atoms with van der Waals surface area (Å²) >= 11 is 0. The van der Waals surface area contributed by atoms with Crippen LogP contribution in [-0.2, 0) is 19.6 Å². The highest BCUT2D eigenvalue weighted by Crippen LogP contribution is 2.20. The summed E-state index contributed by atoms with van der Waals surface area (Å²) in [6.45, 7) is 1.62. The van der Waals surface area contributed by atoms with Crippen LogP contribution in [0.15, 0.2) is 23.1 Å². The van der Waals surface area contributed by atoms with E-state index in [-0.39, 0.29) is 10.6 Å². The molecule has 0 bridgehead atoms. The van der Waals surface area contributed by atoms with E-state index in [9.17, 15) is 18.0 Å². The Morgan fingerprint density at radius 1 is 1.38 bits per heavy atom. The summed E-state index contributed by atoms with van der Waals surface area (Å²) in [6, 6.07) is 3.11. The maximum absolute atomic E-state index is 11.8. The normalized spacial score (nSPS) is 12.7. The summed E-state index contributed by atoms with van der Waals surface area (Å²) in [7, 11) is -2.37. The molecule has 0 fully saturated rings. The number of rotatable bonds is 6. The number of carboxylic acids is 1. The van der Waals surface area contributed by atoms with Gasteiger partial charge >= 0.3 is 5.97 Å². The Hall–Kier alpha value is -1.97. The summed E-state index contributed by atoms with van der Waals surface area (Å²) in [6.07, 6.45) is -0.515. The van der Waals surface area contributed by atoms with E-state index < -0.39 is 34.4 Å². The first-order valence-electron chi connectivity index (χ1n) is 6.00. The van der Waals surface area contributed by atoms with Gasteiger partial charge in [0, 0.05) is 5.69 Å². The van der Waals surface area contributed by atoms with Gasteiger partial charge in [0.2, 0.25) is 15.9 Å². The molecule has 0 heterocycles. The van der Waals surface area contributed by atoms with Gasteiger partial charge < -0.3 is 16.2 Å². The fourth-order valence-electron chi connectivity index (χ4n) is 1.59. The molecule has 0 saturated carbocycles. The van der Waals surface area contributed by atoms with Gasteiger partial charge in [-0.15, -0.1) is 0 Å². The predicted octanol–water partition coefficient (Wildman–Crippen LogP) is -0.356. The quantitative estimate of drug-likeness (QED) is 0.565. The topological polar surface area (TPSA) is 139 Å². The molecule has 1 rings (SSSR count). The minimum Gasteiger partial charge on any atom is -0.481 e. The van der Waals surface area contributed by atoms with Crippen LogP contribution in [0.1, 0.15) is 12.0 Å². The molecule has 9 heteroatoms. The number of amides is 1. The number of nitrogens with one attached hydrogen (secondary N) is 2. The van der Waals surface area contributed by atoms with Crippen LogP contribution in [0.5, 0.6) is 0 Å². The van der Waals surface area contributed by atoms with Crippen molar-refractivity contribution < 1.29 is 23.1 Å². The average Bonchev–Trinajstić information content (AvgIpc) is 2.39. The summed E-state index contributed by atoms with van der Waals surface area (Å²) in [5, 5.41) is 11.0. The van der Waals surface area contributed by atoms with Gasteiger partial charge in [-0.25, -0.2) is 13.1 Å². The first-order chi connectivity index (χ1) is 9.67. The van der Waals surface area contributed by atoms with Gasteiger partial charge in [0.1, 0.15) is 0 Å². The summed E-state index contributed by atoms with van der Waals surface area (Å²) in [4.78, 5) is 22.2. The third-order valence-corrected chi connectivity index (χ3v) is 4.30. The highest BCUT2D eigenvalue weighted by Gasteiger charge is 2.19. The second kappa shape index (κ2) is 6.66. The lowest BCUT2D eigenvalue weighted by molar-refractivity contribution is -0.138. The Morgan fingerprint density at radius 2 is 2.00 bits per heavy atom. The molecule has 0 aromatic heterocycles. The van der Waals surface area contributed by atoms with Crippen LogP contribution in [0.2, 0.25) is 0 Å². The first-order valence-corrected chi connectivity index (χ1v) is 7.48. The van der Waals surface area contributed by atoms with Crippen LogP contribution in [-0.4, -0.2) is 38.5 Å². The van der Waals surface area contributed by atoms with Gasteiger partial charge in [-0.3, -0.25) is 9.59 Å². The molecule has 0 saturated heterocycles. The van der Waals surface area contributed by atoms with Crippen molar-refractivity contribution >= 4 is 27.6 Å². The number of nitrogens with two attached hydrogens (primary N) is 1. The van der Waals surface area contributed by atoms with Crippen molar-refractivity contribution in [3.8, 4) is 0 Å². The zero-order chi connectivity index (χ0) is 16.2. The maximum Gasteiger partial charge on any atom is 0.305 e. The number of sulfonamides is 1. The Labute approximate surface area is 122 Å². The van der Waals surface area contributed by atoms with E-state index in [1.807, 2.05) is 0 Å². The Kier molecular flexibility index (Phi) is 5.41. The Balaban J connectivity index is 2.99. The van der Waals surface area contributed by atoms with Crippen LogP contribution in [0.25, 0.3) is 0 Å². The summed E-state index contributed by atoms with van der Waals surface area (Å²) in [5.41, 5.74) is 6.16. The van der Waals surface area contributed by atoms with Gasteiger partial charge in [-0.2, -0.15) is 0 Å². The molecule has 1 atom stereocenters. The highest BCUT2D eigenvalue weighted by molar-refractivity contribution is 7.89. The summed E-state index contributed by atoms with van der Waals surface area (Å²) < 4.78 is 25.8. The van der Waals surface area contributed by atoms with Crippen LogP contribution in [0.4, 0.5) is 5.69 Å². The van der Waals surface area contributed by atoms with Crippen molar-refractivity contribution in [3.63, 3.8) is 0 Å². The minimum atomic E-state index is -3.65. The zero-order valence-electron chi connectivity index (χ0n) is 11.6. The van der Waals surface area contributed by atoms with Gasteiger partial charge in [0.15, 0.2) is 0 Å². The molecule has 0 spiro atoms. The smallest absolute Gasteiger partial charge is 0.305 e. The number of aliphatic carboxylic acids is 1. The second-order valence-electron chi connectivity index (χ2n) is 4.38. The Morgan fingerprint density at radius 3 is 2.52 bits per heavy atom. The van der Waals surface area contributed by atoms with Gasteiger partial charge in [0.25, 0.3) is 0 Å². The molecule has 0 aliphatic rings. The average molecular weight is 315 g/mol. The molecule has 21 heavy (non-hydrogen) atoms. The second-order valence-corrected chi connectivity index (χ2v) is 6.24. The van der Waals surface area contributed by atoms with Gasteiger partial charge in [-0.05, 0) is 31.7 Å². The molecule has 1 aromatic carbocycles. The molecular formula is C12H17N3O5S. The number of benzene rings is 1. The molecule has 5 N–H and O–H groups in total. The SMILES string of the molecule is CNS(=O)(=O)c1cc(NC(=O)C(N)CC(=O)O)ccc1C. The predicted molar refractivity (Wildman–Crippen MR) is 76.3 cm³/mol. The van der Waals surface area contributed by atoms with E-state index in [2.05, 4.69) is 10.0 Å². The lowest BCUT2D eigenvalue weighted by Crippen LogP contribution is -2.37. The molecule has 1 aromatic rings. The van der Waals surface area contributed by atoms with E-state index in [1.54, 1.807) is 6.92 Å². The third kappa shape index (κ3) is 4.52. The molecule has 8 nitrogen and oxygen atoms in total. The van der Waals surface area contributed by atoms with E-state index in [1.165, 1.54) is 25.2 Å². The third-order valence-electron chi connectivity index (χ3n) is 2.75. The van der Waals surface area contributed by atoms with Crippen molar-refractivity contribution in [2.24, 2.45) is 5.73 Å². The molecule has 0 radical (unpaired) electrons. The van der Waals surface area contributed by atoms with Crippen LogP contribution >= 0.6 is 0 Å². The van der Waals surface area contributed by atoms with Gasteiger partial charge in [-0.1, -0.05) is 6.07 Å². The van der Waals surface area contributed by atoms with Crippen LogP contribution in [0, 0.1) is 6.92 Å². The maximum atomic E-state index is 11.8. The minimum absolute atomic E-state index is 0.0228. The number of aryl methyl sites for hydroxylation is 1. The van der Waals surface area contributed by atoms with E-state index >= 15 is 0 Å². The molecule has 116 valence electrons. The molecule has 1 unspecified atom stereocenters. The van der Waals surface area contributed by atoms with Crippen molar-refractivity contribution in [3.05, 3.63) is 23.8 Å². The summed E-state index contributed by atoms with van der Waals surface area (Å²) in [5.74, 6) is -1.89. The van der Waals surface area contributed by atoms with Crippen molar-refractivity contribution in [2.75, 3.05) is 12.4 Å². The van der Waals surface area contributed by atoms with Crippen molar-refractivity contribution in [1.29, 1.82) is 0 Å². The van der Waals surface area contributed by atoms with E-state index in [0.29, 0.717) is 5.56 Å². The molecule has 0 aliphatic heterocycles. The molecule has 1 amide bonds. The van der Waals surface area contributed by atoms with E-state index in [0.717, 1.165) is 0 Å². The fourth-order valence-corrected chi connectivity index (χ4v) is 2.59. The first kappa shape index (κ1) is 17.1. The van der Waals surface area contributed by atoms with Crippen molar-refractivity contribution in [1.82, 2.24) is 4.72 Å². The fraction of sp³-hybridized carbons (Fsp3) is 0.333. The Bertz CT molecular complexity index is 657. The van der Waals surface area contributed by atoms with Crippen LogP contribution in [0.3, 0.4) is 0 Å². The lowest BCUT2D eigenvalue weighted by atomic mass is 10.2. The number of hydrogen-bond donors (Lipinski definition) is 4. The number of anilines is 1. The van der Waals surface area contributed by atoms with Gasteiger partial charge in [0.05, 0.1) is 17.4 Å². The highest BCUT2D eigenvalue weighted by atomic mass is 32.2. The number of carbonyl (C=O) groups excluding carboxylic acids is 1. The number of carboxylic acid groups (broad SMARTS) is 1. The number of hydrogen-bond acceptors (Lipinski definition) is 5. The lowest BCUT2D eigenvalue weighted by Gasteiger charge is -2.12. The number of carbonyl (C=O) groups is 2. The zero-order valence-corrected chi connectivity index (χ0v) is 12.4. The largest absolute Gasteiger partial charge is 0.481 e.